The third-order valence-corrected chi connectivity index (χ3v) is 4.53. The number of thiophene rings is 1. The Morgan fingerprint density at radius 1 is 1.45 bits per heavy atom. The Labute approximate surface area is 133 Å². The van der Waals surface area contributed by atoms with Gasteiger partial charge in [0.25, 0.3) is 0 Å². The fourth-order valence-electron chi connectivity index (χ4n) is 2.48. The number of hydrogen-bond donors (Lipinski definition) is 1. The summed E-state index contributed by atoms with van der Waals surface area (Å²) in [6.07, 6.45) is 5.20. The Kier molecular flexibility index (Phi) is 4.90. The molecular formula is C16H19N3O2S. The van der Waals surface area contributed by atoms with Gasteiger partial charge in [0.2, 0.25) is 0 Å². The van der Waals surface area contributed by atoms with Gasteiger partial charge >= 0.3 is 6.03 Å². The molecule has 1 saturated heterocycles. The molecule has 2 amide bonds. The number of likely N-dealkylation sites (tertiary alicyclic amines) is 1. The van der Waals surface area contributed by atoms with Crippen molar-refractivity contribution in [2.75, 3.05) is 19.6 Å². The van der Waals surface area contributed by atoms with Gasteiger partial charge in [-0.2, -0.15) is 0 Å². The SMILES string of the molecule is O=C(NCCc1cccs1)N1CC[C@@H](Oc2cccnc2)C1. The predicted octanol–water partition coefficient (Wildman–Crippen LogP) is 2.55. The first kappa shape index (κ1) is 14.8. The lowest BCUT2D eigenvalue weighted by atomic mass is 10.3. The van der Waals surface area contributed by atoms with Crippen molar-refractivity contribution in [1.29, 1.82) is 0 Å². The average molecular weight is 317 g/mol. The zero-order valence-electron chi connectivity index (χ0n) is 12.3. The Balaban J connectivity index is 1.41. The number of amides is 2. The monoisotopic (exact) mass is 317 g/mol. The van der Waals surface area contributed by atoms with Crippen LogP contribution in [0.1, 0.15) is 11.3 Å². The van der Waals surface area contributed by atoms with E-state index >= 15 is 0 Å². The van der Waals surface area contributed by atoms with E-state index in [0.717, 1.165) is 25.1 Å². The summed E-state index contributed by atoms with van der Waals surface area (Å²) < 4.78 is 5.84. The molecule has 1 aliphatic rings. The maximum Gasteiger partial charge on any atom is 0.317 e. The Morgan fingerprint density at radius 3 is 3.18 bits per heavy atom. The maximum absolute atomic E-state index is 12.1. The maximum atomic E-state index is 12.1. The topological polar surface area (TPSA) is 54.5 Å². The van der Waals surface area contributed by atoms with E-state index in [1.165, 1.54) is 4.88 Å². The highest BCUT2D eigenvalue weighted by Crippen LogP contribution is 2.17. The summed E-state index contributed by atoms with van der Waals surface area (Å²) in [5.74, 6) is 0.757. The molecule has 116 valence electrons. The molecule has 0 aliphatic carbocycles. The first-order valence-electron chi connectivity index (χ1n) is 7.43. The van der Waals surface area contributed by atoms with Gasteiger partial charge in [-0.15, -0.1) is 11.3 Å². The van der Waals surface area contributed by atoms with Crippen molar-refractivity contribution in [3.63, 3.8) is 0 Å². The second kappa shape index (κ2) is 7.26. The standard InChI is InChI=1S/C16H19N3O2S/c20-16(18-8-5-15-4-2-10-22-15)19-9-6-14(12-19)21-13-3-1-7-17-11-13/h1-4,7,10-11,14H,5-6,8-9,12H2,(H,18,20)/t14-/m1/s1. The second-order valence-electron chi connectivity index (χ2n) is 5.22. The second-order valence-corrected chi connectivity index (χ2v) is 6.26. The van der Waals surface area contributed by atoms with Gasteiger partial charge in [0.05, 0.1) is 12.7 Å². The van der Waals surface area contributed by atoms with Crippen molar-refractivity contribution < 1.29 is 9.53 Å². The Morgan fingerprint density at radius 2 is 2.41 bits per heavy atom. The van der Waals surface area contributed by atoms with E-state index in [0.29, 0.717) is 13.1 Å². The van der Waals surface area contributed by atoms with Gasteiger partial charge in [0, 0.05) is 30.6 Å². The van der Waals surface area contributed by atoms with Crippen LogP contribution in [0.5, 0.6) is 5.75 Å². The van der Waals surface area contributed by atoms with Crippen molar-refractivity contribution in [2.45, 2.75) is 18.9 Å². The number of rotatable bonds is 5. The first-order chi connectivity index (χ1) is 10.8. The van der Waals surface area contributed by atoms with Gasteiger partial charge in [-0.25, -0.2) is 4.79 Å². The van der Waals surface area contributed by atoms with Gasteiger partial charge in [0.1, 0.15) is 11.9 Å². The number of ether oxygens (including phenoxy) is 1. The largest absolute Gasteiger partial charge is 0.487 e. The minimum Gasteiger partial charge on any atom is -0.487 e. The van der Waals surface area contributed by atoms with Gasteiger partial charge in [0.15, 0.2) is 0 Å². The van der Waals surface area contributed by atoms with E-state index < -0.39 is 0 Å². The van der Waals surface area contributed by atoms with E-state index in [4.69, 9.17) is 4.74 Å². The quantitative estimate of drug-likeness (QED) is 0.922. The molecule has 0 spiro atoms. The van der Waals surface area contributed by atoms with Crippen molar-refractivity contribution >= 4 is 17.4 Å². The van der Waals surface area contributed by atoms with E-state index in [-0.39, 0.29) is 12.1 Å². The lowest BCUT2D eigenvalue weighted by Crippen LogP contribution is -2.40. The van der Waals surface area contributed by atoms with Crippen LogP contribution >= 0.6 is 11.3 Å². The molecule has 0 aromatic carbocycles. The molecule has 3 rings (SSSR count). The number of carbonyl (C=O) groups excluding carboxylic acids is 1. The summed E-state index contributed by atoms with van der Waals surface area (Å²) in [7, 11) is 0. The smallest absolute Gasteiger partial charge is 0.317 e. The highest BCUT2D eigenvalue weighted by Gasteiger charge is 2.27. The predicted molar refractivity (Wildman–Crippen MR) is 86.3 cm³/mol. The number of hydrogen-bond acceptors (Lipinski definition) is 4. The molecule has 2 aromatic rings. The van der Waals surface area contributed by atoms with Gasteiger partial charge < -0.3 is 15.0 Å². The minimum absolute atomic E-state index is 0.00570. The van der Waals surface area contributed by atoms with Crippen molar-refractivity contribution in [3.05, 3.63) is 46.9 Å². The van der Waals surface area contributed by atoms with Crippen LogP contribution in [0, 0.1) is 0 Å². The molecule has 2 aromatic heterocycles. The first-order valence-corrected chi connectivity index (χ1v) is 8.31. The molecule has 1 fully saturated rings. The van der Waals surface area contributed by atoms with Crippen LogP contribution in [0.25, 0.3) is 0 Å². The zero-order chi connectivity index (χ0) is 15.2. The van der Waals surface area contributed by atoms with Crippen LogP contribution in [0.2, 0.25) is 0 Å². The molecule has 6 heteroatoms. The molecule has 1 atom stereocenters. The fraction of sp³-hybridized carbons (Fsp3) is 0.375. The molecule has 0 radical (unpaired) electrons. The van der Waals surface area contributed by atoms with Gasteiger partial charge in [-0.05, 0) is 30.0 Å². The molecule has 22 heavy (non-hydrogen) atoms. The fourth-order valence-corrected chi connectivity index (χ4v) is 3.19. The molecular weight excluding hydrogens is 298 g/mol. The van der Waals surface area contributed by atoms with E-state index in [1.807, 2.05) is 23.1 Å². The number of urea groups is 1. The molecule has 0 unspecified atom stereocenters. The van der Waals surface area contributed by atoms with Gasteiger partial charge in [-0.3, -0.25) is 4.98 Å². The third-order valence-electron chi connectivity index (χ3n) is 3.60. The van der Waals surface area contributed by atoms with Crippen LogP contribution < -0.4 is 10.1 Å². The molecule has 0 bridgehead atoms. The summed E-state index contributed by atoms with van der Waals surface area (Å²) in [5, 5.41) is 5.03. The van der Waals surface area contributed by atoms with Crippen LogP contribution in [-0.4, -0.2) is 41.7 Å². The van der Waals surface area contributed by atoms with Crippen LogP contribution in [-0.2, 0) is 6.42 Å². The molecule has 1 aliphatic heterocycles. The number of nitrogens with one attached hydrogen (secondary N) is 1. The van der Waals surface area contributed by atoms with Crippen molar-refractivity contribution in [1.82, 2.24) is 15.2 Å². The lowest BCUT2D eigenvalue weighted by Gasteiger charge is -2.17. The van der Waals surface area contributed by atoms with Crippen LogP contribution in [0.4, 0.5) is 4.79 Å². The van der Waals surface area contributed by atoms with Gasteiger partial charge in [-0.1, -0.05) is 6.07 Å². The molecule has 1 N–H and O–H groups in total. The van der Waals surface area contributed by atoms with Crippen molar-refractivity contribution in [2.24, 2.45) is 0 Å². The summed E-state index contributed by atoms with van der Waals surface area (Å²) in [4.78, 5) is 19.3. The number of aromatic nitrogens is 1. The minimum atomic E-state index is -0.00570. The lowest BCUT2D eigenvalue weighted by molar-refractivity contribution is 0.187. The van der Waals surface area contributed by atoms with Crippen LogP contribution in [0.3, 0.4) is 0 Å². The molecule has 5 nitrogen and oxygen atoms in total. The third kappa shape index (κ3) is 3.98. The molecule has 0 saturated carbocycles. The summed E-state index contributed by atoms with van der Waals surface area (Å²) >= 11 is 1.72. The van der Waals surface area contributed by atoms with Crippen molar-refractivity contribution in [3.8, 4) is 5.75 Å². The average Bonchev–Trinajstić information content (AvgIpc) is 3.20. The van der Waals surface area contributed by atoms with E-state index in [9.17, 15) is 4.79 Å². The Bertz CT molecular complexity index is 589. The highest BCUT2D eigenvalue weighted by atomic mass is 32.1. The van der Waals surface area contributed by atoms with E-state index in [2.05, 4.69) is 21.7 Å². The number of pyridine rings is 1. The zero-order valence-corrected chi connectivity index (χ0v) is 13.1. The van der Waals surface area contributed by atoms with E-state index in [1.54, 1.807) is 23.7 Å². The summed E-state index contributed by atoms with van der Waals surface area (Å²) in [6.45, 7) is 2.03. The van der Waals surface area contributed by atoms with Crippen LogP contribution in [0.15, 0.2) is 42.0 Å². The summed E-state index contributed by atoms with van der Waals surface area (Å²) in [5.41, 5.74) is 0. The summed E-state index contributed by atoms with van der Waals surface area (Å²) in [6, 6.07) is 7.84. The number of nitrogens with zero attached hydrogens (tertiary/aromatic N) is 2. The normalized spacial score (nSPS) is 17.5. The Hall–Kier alpha value is -2.08. The molecule has 3 heterocycles. The number of carbonyl (C=O) groups is 1. The highest BCUT2D eigenvalue weighted by molar-refractivity contribution is 7.09.